The summed E-state index contributed by atoms with van der Waals surface area (Å²) in [5, 5.41) is 8.97. The fourth-order valence-electron chi connectivity index (χ4n) is 3.70. The highest BCUT2D eigenvalue weighted by molar-refractivity contribution is 6.30. The van der Waals surface area contributed by atoms with Gasteiger partial charge in [-0.15, -0.1) is 0 Å². The predicted octanol–water partition coefficient (Wildman–Crippen LogP) is 6.17. The Hall–Kier alpha value is -2.83. The first-order valence-electron chi connectivity index (χ1n) is 12.2. The number of ether oxygens (including phenoxy) is 1. The van der Waals surface area contributed by atoms with Crippen molar-refractivity contribution in [1.82, 2.24) is 15.1 Å². The Balaban J connectivity index is 1.93. The number of carbonyl (C=O) groups is 1. The average molecular weight is 497 g/mol. The fourth-order valence-corrected chi connectivity index (χ4v) is 3.89. The number of anilines is 1. The van der Waals surface area contributed by atoms with Crippen LogP contribution in [0, 0.1) is 18.8 Å². The third kappa shape index (κ3) is 7.33. The summed E-state index contributed by atoms with van der Waals surface area (Å²) in [5.74, 6) is 2.17. The van der Waals surface area contributed by atoms with E-state index in [1.54, 1.807) is 4.90 Å². The van der Waals surface area contributed by atoms with Crippen LogP contribution in [0.4, 0.5) is 5.82 Å². The highest BCUT2D eigenvalue weighted by Crippen LogP contribution is 2.26. The summed E-state index contributed by atoms with van der Waals surface area (Å²) in [7, 11) is 0. The molecule has 1 heterocycles. The first-order chi connectivity index (χ1) is 16.7. The number of nitrogens with one attached hydrogen (secondary N) is 1. The average Bonchev–Trinajstić information content (AvgIpc) is 3.17. The molecule has 0 fully saturated rings. The van der Waals surface area contributed by atoms with Gasteiger partial charge in [-0.1, -0.05) is 57.5 Å². The SMILES string of the molecule is Cc1cc(N(C(=O)c2ccccc2)C(C)NCC(C)C)nn1Cc1cc(Cl)ccc1OCC(C)C. The van der Waals surface area contributed by atoms with E-state index in [0.717, 1.165) is 23.6 Å². The van der Waals surface area contributed by atoms with Gasteiger partial charge in [-0.25, -0.2) is 0 Å². The Morgan fingerprint density at radius 2 is 1.77 bits per heavy atom. The smallest absolute Gasteiger partial charge is 0.260 e. The van der Waals surface area contributed by atoms with Crippen molar-refractivity contribution >= 4 is 23.3 Å². The zero-order valence-electron chi connectivity index (χ0n) is 21.6. The molecule has 0 saturated heterocycles. The topological polar surface area (TPSA) is 59.4 Å². The number of carbonyl (C=O) groups excluding carboxylic acids is 1. The summed E-state index contributed by atoms with van der Waals surface area (Å²) in [5.41, 5.74) is 2.51. The molecule has 1 aromatic heterocycles. The minimum Gasteiger partial charge on any atom is -0.493 e. The highest BCUT2D eigenvalue weighted by Gasteiger charge is 2.26. The molecule has 3 rings (SSSR count). The van der Waals surface area contributed by atoms with Crippen LogP contribution in [0.2, 0.25) is 5.02 Å². The standard InChI is InChI=1S/C28H37ClN4O2/c1-19(2)16-30-22(6)33(28(34)23-10-8-7-9-11-23)27-14-21(5)32(31-27)17-24-15-25(29)12-13-26(24)35-18-20(3)4/h7-15,19-20,22,30H,16-18H2,1-6H3. The Bertz CT molecular complexity index is 1110. The van der Waals surface area contributed by atoms with Crippen molar-refractivity contribution in [3.63, 3.8) is 0 Å². The van der Waals surface area contributed by atoms with Gasteiger partial charge in [0.1, 0.15) is 5.75 Å². The monoisotopic (exact) mass is 496 g/mol. The Morgan fingerprint density at radius 3 is 2.43 bits per heavy atom. The number of halogens is 1. The summed E-state index contributed by atoms with van der Waals surface area (Å²) >= 11 is 6.31. The van der Waals surface area contributed by atoms with Gasteiger partial charge in [0.05, 0.1) is 19.3 Å². The van der Waals surface area contributed by atoms with E-state index < -0.39 is 0 Å². The van der Waals surface area contributed by atoms with E-state index in [9.17, 15) is 4.79 Å². The lowest BCUT2D eigenvalue weighted by atomic mass is 10.2. The summed E-state index contributed by atoms with van der Waals surface area (Å²) < 4.78 is 7.93. The molecule has 0 aliphatic rings. The molecule has 35 heavy (non-hydrogen) atoms. The van der Waals surface area contributed by atoms with Gasteiger partial charge < -0.3 is 4.74 Å². The molecule has 1 amide bonds. The lowest BCUT2D eigenvalue weighted by molar-refractivity contribution is 0.0972. The molecular weight excluding hydrogens is 460 g/mol. The molecule has 0 saturated carbocycles. The van der Waals surface area contributed by atoms with Gasteiger partial charge in [0.25, 0.3) is 5.91 Å². The first kappa shape index (κ1) is 26.8. The van der Waals surface area contributed by atoms with Crippen molar-refractivity contribution in [1.29, 1.82) is 0 Å². The van der Waals surface area contributed by atoms with Gasteiger partial charge >= 0.3 is 0 Å². The van der Waals surface area contributed by atoms with Crippen LogP contribution in [0.25, 0.3) is 0 Å². The van der Waals surface area contributed by atoms with Crippen LogP contribution in [0.1, 0.15) is 56.2 Å². The minimum absolute atomic E-state index is 0.0947. The van der Waals surface area contributed by atoms with Gasteiger partial charge in [-0.3, -0.25) is 19.7 Å². The van der Waals surface area contributed by atoms with Gasteiger partial charge in [0, 0.05) is 27.9 Å². The van der Waals surface area contributed by atoms with Crippen LogP contribution in [0.3, 0.4) is 0 Å². The fraction of sp³-hybridized carbons (Fsp3) is 0.429. The number of aromatic nitrogens is 2. The van der Waals surface area contributed by atoms with Crippen LogP contribution in [-0.4, -0.2) is 35.0 Å². The van der Waals surface area contributed by atoms with Gasteiger partial charge in [0.2, 0.25) is 0 Å². The maximum Gasteiger partial charge on any atom is 0.260 e. The van der Waals surface area contributed by atoms with Crippen LogP contribution in [0.5, 0.6) is 5.75 Å². The molecule has 6 nitrogen and oxygen atoms in total. The van der Waals surface area contributed by atoms with E-state index >= 15 is 0 Å². The Morgan fingerprint density at radius 1 is 1.06 bits per heavy atom. The molecular formula is C28H37ClN4O2. The Labute approximate surface area is 214 Å². The molecule has 1 unspecified atom stereocenters. The molecule has 0 spiro atoms. The number of rotatable bonds is 11. The highest BCUT2D eigenvalue weighted by atomic mass is 35.5. The summed E-state index contributed by atoms with van der Waals surface area (Å²) in [4.78, 5) is 15.3. The molecule has 0 radical (unpaired) electrons. The second-order valence-electron chi connectivity index (χ2n) is 9.78. The van der Waals surface area contributed by atoms with E-state index in [-0.39, 0.29) is 12.1 Å². The quantitative estimate of drug-likeness (QED) is 0.323. The number of amides is 1. The van der Waals surface area contributed by atoms with Crippen LogP contribution < -0.4 is 15.0 Å². The number of benzene rings is 2. The largest absolute Gasteiger partial charge is 0.493 e. The van der Waals surface area contributed by atoms with Crippen LogP contribution in [0.15, 0.2) is 54.6 Å². The van der Waals surface area contributed by atoms with Crippen molar-refractivity contribution in [3.8, 4) is 5.75 Å². The van der Waals surface area contributed by atoms with E-state index in [1.165, 1.54) is 0 Å². The minimum atomic E-state index is -0.232. The summed E-state index contributed by atoms with van der Waals surface area (Å²) in [6, 6.07) is 16.9. The molecule has 2 aromatic carbocycles. The zero-order valence-corrected chi connectivity index (χ0v) is 22.3. The third-order valence-corrected chi connectivity index (χ3v) is 5.81. The molecule has 3 aromatic rings. The molecule has 188 valence electrons. The summed E-state index contributed by atoms with van der Waals surface area (Å²) in [6.07, 6.45) is -0.232. The number of aryl methyl sites for hydroxylation is 1. The number of hydrogen-bond acceptors (Lipinski definition) is 4. The van der Waals surface area contributed by atoms with E-state index in [0.29, 0.717) is 41.4 Å². The van der Waals surface area contributed by atoms with Crippen LogP contribution in [-0.2, 0) is 6.54 Å². The van der Waals surface area contributed by atoms with Crippen molar-refractivity contribution < 1.29 is 9.53 Å². The zero-order chi connectivity index (χ0) is 25.5. The Kier molecular flexibility index (Phi) is 9.35. The number of hydrogen-bond donors (Lipinski definition) is 1. The molecule has 0 aliphatic heterocycles. The molecule has 1 atom stereocenters. The molecule has 7 heteroatoms. The van der Waals surface area contributed by atoms with Crippen molar-refractivity contribution in [2.45, 2.75) is 54.3 Å². The molecule has 0 bridgehead atoms. The predicted molar refractivity (Wildman–Crippen MR) is 143 cm³/mol. The van der Waals surface area contributed by atoms with Crippen LogP contribution >= 0.6 is 11.6 Å². The van der Waals surface area contributed by atoms with Crippen molar-refractivity contribution in [2.24, 2.45) is 11.8 Å². The van der Waals surface area contributed by atoms with E-state index in [1.807, 2.05) is 73.1 Å². The normalized spacial score (nSPS) is 12.3. The second kappa shape index (κ2) is 12.2. The van der Waals surface area contributed by atoms with Gasteiger partial charge in [-0.05, 0) is 62.6 Å². The summed E-state index contributed by atoms with van der Waals surface area (Å²) in [6.45, 7) is 14.4. The lowest BCUT2D eigenvalue weighted by Gasteiger charge is -2.29. The maximum atomic E-state index is 13.6. The molecule has 0 aliphatic carbocycles. The molecule has 1 N–H and O–H groups in total. The third-order valence-electron chi connectivity index (χ3n) is 5.58. The van der Waals surface area contributed by atoms with Crippen molar-refractivity contribution in [3.05, 3.63) is 76.4 Å². The first-order valence-corrected chi connectivity index (χ1v) is 12.6. The second-order valence-corrected chi connectivity index (χ2v) is 10.2. The maximum absolute atomic E-state index is 13.6. The van der Waals surface area contributed by atoms with Gasteiger partial charge in [-0.2, -0.15) is 5.10 Å². The van der Waals surface area contributed by atoms with Crippen molar-refractivity contribution in [2.75, 3.05) is 18.1 Å². The van der Waals surface area contributed by atoms with Gasteiger partial charge in [0.15, 0.2) is 5.82 Å². The van der Waals surface area contributed by atoms with E-state index in [2.05, 4.69) is 33.0 Å². The number of nitrogens with zero attached hydrogens (tertiary/aromatic N) is 3. The lowest BCUT2D eigenvalue weighted by Crippen LogP contribution is -2.48. The van der Waals surface area contributed by atoms with E-state index in [4.69, 9.17) is 21.4 Å².